The molecule has 0 unspecified atom stereocenters. The first-order valence-electron chi connectivity index (χ1n) is 8.15. The molecule has 1 aromatic rings. The van der Waals surface area contributed by atoms with Gasteiger partial charge in [-0.1, -0.05) is 6.92 Å². The Labute approximate surface area is 131 Å². The molecule has 2 aliphatic rings. The lowest BCUT2D eigenvalue weighted by molar-refractivity contribution is -0.0880. The van der Waals surface area contributed by atoms with E-state index in [0.717, 1.165) is 31.4 Å². The summed E-state index contributed by atoms with van der Waals surface area (Å²) >= 11 is 0. The number of fused-ring (bicyclic) bond motifs is 1. The van der Waals surface area contributed by atoms with Crippen molar-refractivity contribution in [3.63, 3.8) is 0 Å². The highest BCUT2D eigenvalue weighted by Crippen LogP contribution is 2.31. The number of rotatable bonds is 2. The van der Waals surface area contributed by atoms with E-state index in [9.17, 15) is 15.5 Å². The van der Waals surface area contributed by atoms with Gasteiger partial charge in [0, 0.05) is 18.8 Å². The third-order valence-electron chi connectivity index (χ3n) is 5.14. The predicted octanol–water partition coefficient (Wildman–Crippen LogP) is 1.54. The van der Waals surface area contributed by atoms with Gasteiger partial charge < -0.3 is 15.1 Å². The van der Waals surface area contributed by atoms with Gasteiger partial charge in [-0.05, 0) is 50.2 Å². The molecular weight excluding hydrogens is 278 g/mol. The predicted molar refractivity (Wildman–Crippen MR) is 83.7 cm³/mol. The van der Waals surface area contributed by atoms with Crippen molar-refractivity contribution in [1.82, 2.24) is 4.98 Å². The number of aryl methyl sites for hydroxylation is 2. The van der Waals surface area contributed by atoms with E-state index in [0.29, 0.717) is 37.3 Å². The molecule has 1 aliphatic carbocycles. The van der Waals surface area contributed by atoms with Crippen LogP contribution in [0.25, 0.3) is 0 Å². The minimum atomic E-state index is -1.02. The van der Waals surface area contributed by atoms with E-state index in [1.165, 1.54) is 5.56 Å². The van der Waals surface area contributed by atoms with Crippen LogP contribution in [0.5, 0.6) is 0 Å². The van der Waals surface area contributed by atoms with Crippen LogP contribution in [0.3, 0.4) is 0 Å². The molecule has 1 aliphatic heterocycles. The molecule has 2 N–H and O–H groups in total. The number of aliphatic hydroxyl groups excluding tert-OH is 1. The van der Waals surface area contributed by atoms with Gasteiger partial charge in [0.1, 0.15) is 18.0 Å². The van der Waals surface area contributed by atoms with E-state index < -0.39 is 11.7 Å². The smallest absolute Gasteiger partial charge is 0.146 e. The van der Waals surface area contributed by atoms with Gasteiger partial charge in [-0.15, -0.1) is 0 Å². The van der Waals surface area contributed by atoms with E-state index in [2.05, 4.69) is 6.07 Å². The largest absolute Gasteiger partial charge is 0.388 e. The van der Waals surface area contributed by atoms with E-state index in [1.54, 1.807) is 0 Å². The van der Waals surface area contributed by atoms with Crippen LogP contribution in [-0.4, -0.2) is 40.0 Å². The van der Waals surface area contributed by atoms with Crippen molar-refractivity contribution in [3.05, 3.63) is 22.9 Å². The first-order chi connectivity index (χ1) is 10.6. The highest BCUT2D eigenvalue weighted by molar-refractivity contribution is 5.57. The molecule has 1 saturated heterocycles. The van der Waals surface area contributed by atoms with E-state index in [4.69, 9.17) is 4.98 Å². The number of piperidine rings is 1. The van der Waals surface area contributed by atoms with Crippen LogP contribution in [0.4, 0.5) is 5.82 Å². The normalized spacial score (nSPS) is 28.1. The fourth-order valence-corrected chi connectivity index (χ4v) is 3.52. The summed E-state index contributed by atoms with van der Waals surface area (Å²) < 4.78 is 0. The summed E-state index contributed by atoms with van der Waals surface area (Å²) in [6.45, 7) is 2.82. The van der Waals surface area contributed by atoms with Gasteiger partial charge in [-0.2, -0.15) is 5.26 Å². The molecule has 22 heavy (non-hydrogen) atoms. The Balaban J connectivity index is 1.91. The number of aliphatic hydroxyl groups is 2. The van der Waals surface area contributed by atoms with Crippen molar-refractivity contribution >= 4 is 5.82 Å². The van der Waals surface area contributed by atoms with Crippen molar-refractivity contribution < 1.29 is 10.2 Å². The number of β-amino-alcohol motifs (C(OH)–C–C–N with tert-alkyl or cyclic N) is 1. The average Bonchev–Trinajstić information content (AvgIpc) is 2.56. The Morgan fingerprint density at radius 3 is 2.91 bits per heavy atom. The minimum absolute atomic E-state index is 0.324. The molecule has 5 heteroatoms. The number of hydrogen-bond acceptors (Lipinski definition) is 5. The minimum Gasteiger partial charge on any atom is -0.388 e. The number of anilines is 1. The van der Waals surface area contributed by atoms with Crippen LogP contribution in [0.2, 0.25) is 0 Å². The van der Waals surface area contributed by atoms with Crippen LogP contribution < -0.4 is 4.90 Å². The average molecular weight is 301 g/mol. The molecule has 1 fully saturated rings. The molecule has 118 valence electrons. The summed E-state index contributed by atoms with van der Waals surface area (Å²) in [6, 6.07) is 4.21. The standard InChI is InChI=1S/C17H23N3O2/c1-2-17(22)7-8-20(11-15(17)21)16-13(10-18)9-12-5-3-4-6-14(12)19-16/h9,15,21-22H,2-8,11H2,1H3/t15-,17-/m1/s1. The molecule has 0 amide bonds. The quantitative estimate of drug-likeness (QED) is 0.866. The fourth-order valence-electron chi connectivity index (χ4n) is 3.52. The van der Waals surface area contributed by atoms with Crippen molar-refractivity contribution in [2.75, 3.05) is 18.0 Å². The molecule has 3 rings (SSSR count). The molecule has 2 atom stereocenters. The highest BCUT2D eigenvalue weighted by atomic mass is 16.3. The van der Waals surface area contributed by atoms with Gasteiger partial charge in [0.05, 0.1) is 11.2 Å². The maximum absolute atomic E-state index is 10.4. The van der Waals surface area contributed by atoms with Crippen LogP contribution in [0, 0.1) is 11.3 Å². The summed E-state index contributed by atoms with van der Waals surface area (Å²) in [5.41, 5.74) is 1.84. The van der Waals surface area contributed by atoms with E-state index in [1.807, 2.05) is 17.9 Å². The Kier molecular flexibility index (Phi) is 4.07. The Hall–Kier alpha value is -1.64. The molecule has 0 spiro atoms. The first kappa shape index (κ1) is 15.3. The summed E-state index contributed by atoms with van der Waals surface area (Å²) in [6.07, 6.45) is 4.47. The van der Waals surface area contributed by atoms with Crippen molar-refractivity contribution in [3.8, 4) is 6.07 Å². The Morgan fingerprint density at radius 1 is 1.45 bits per heavy atom. The summed E-state index contributed by atoms with van der Waals surface area (Å²) in [4.78, 5) is 6.67. The second-order valence-electron chi connectivity index (χ2n) is 6.45. The highest BCUT2D eigenvalue weighted by Gasteiger charge is 2.40. The van der Waals surface area contributed by atoms with Gasteiger partial charge in [0.15, 0.2) is 0 Å². The zero-order valence-electron chi connectivity index (χ0n) is 13.0. The molecular formula is C17H23N3O2. The number of aromatic nitrogens is 1. The first-order valence-corrected chi connectivity index (χ1v) is 8.15. The van der Waals surface area contributed by atoms with Crippen molar-refractivity contribution in [1.29, 1.82) is 5.26 Å². The third-order valence-corrected chi connectivity index (χ3v) is 5.14. The summed E-state index contributed by atoms with van der Waals surface area (Å²) in [7, 11) is 0. The number of hydrogen-bond donors (Lipinski definition) is 2. The maximum Gasteiger partial charge on any atom is 0.146 e. The van der Waals surface area contributed by atoms with Gasteiger partial charge in [0.2, 0.25) is 0 Å². The SMILES string of the molecule is CC[C@@]1(O)CCN(c2nc3c(cc2C#N)CCCC3)C[C@H]1O. The third kappa shape index (κ3) is 2.57. The van der Waals surface area contributed by atoms with Gasteiger partial charge >= 0.3 is 0 Å². The summed E-state index contributed by atoms with van der Waals surface area (Å²) in [5, 5.41) is 30.1. The topological polar surface area (TPSA) is 80.4 Å². The number of nitriles is 1. The Bertz CT molecular complexity index is 611. The van der Waals surface area contributed by atoms with Gasteiger partial charge in [0.25, 0.3) is 0 Å². The fraction of sp³-hybridized carbons (Fsp3) is 0.647. The molecule has 2 heterocycles. The van der Waals surface area contributed by atoms with Crippen LogP contribution >= 0.6 is 0 Å². The zero-order valence-corrected chi connectivity index (χ0v) is 13.0. The molecule has 0 bridgehead atoms. The number of pyridine rings is 1. The Morgan fingerprint density at radius 2 is 2.23 bits per heavy atom. The second-order valence-corrected chi connectivity index (χ2v) is 6.45. The zero-order chi connectivity index (χ0) is 15.7. The van der Waals surface area contributed by atoms with Crippen LogP contribution in [0.1, 0.15) is 49.4 Å². The van der Waals surface area contributed by atoms with Crippen molar-refractivity contribution in [2.24, 2.45) is 0 Å². The lowest BCUT2D eigenvalue weighted by atomic mass is 9.86. The monoisotopic (exact) mass is 301 g/mol. The molecule has 0 saturated carbocycles. The van der Waals surface area contributed by atoms with Gasteiger partial charge in [-0.25, -0.2) is 4.98 Å². The molecule has 0 radical (unpaired) electrons. The van der Waals surface area contributed by atoms with E-state index >= 15 is 0 Å². The maximum atomic E-state index is 10.4. The number of nitrogens with zero attached hydrogens (tertiary/aromatic N) is 3. The van der Waals surface area contributed by atoms with Crippen LogP contribution in [-0.2, 0) is 12.8 Å². The molecule has 1 aromatic heterocycles. The van der Waals surface area contributed by atoms with E-state index in [-0.39, 0.29) is 0 Å². The lowest BCUT2D eigenvalue weighted by Crippen LogP contribution is -2.55. The summed E-state index contributed by atoms with van der Waals surface area (Å²) in [5.74, 6) is 0.667. The second kappa shape index (κ2) is 5.86. The van der Waals surface area contributed by atoms with Crippen LogP contribution in [0.15, 0.2) is 6.07 Å². The molecule has 0 aromatic carbocycles. The lowest BCUT2D eigenvalue weighted by Gasteiger charge is -2.42. The van der Waals surface area contributed by atoms with Crippen molar-refractivity contribution in [2.45, 2.75) is 57.2 Å². The molecule has 5 nitrogen and oxygen atoms in total. The van der Waals surface area contributed by atoms with Gasteiger partial charge in [-0.3, -0.25) is 0 Å².